The normalized spacial score (nSPS) is 10.9. The second-order valence-corrected chi connectivity index (χ2v) is 1.48. The minimum atomic E-state index is 0.414. The first-order chi connectivity index (χ1) is 3.66. The van der Waals surface area contributed by atoms with Crippen LogP contribution in [0.25, 0.3) is 0 Å². The number of rotatable bonds is 2. The van der Waals surface area contributed by atoms with Crippen molar-refractivity contribution in [3.8, 4) is 0 Å². The second kappa shape index (κ2) is 3.02. The van der Waals surface area contributed by atoms with E-state index in [1.807, 2.05) is 0 Å². The fourth-order valence-electron chi connectivity index (χ4n) is 0.266. The molecule has 2 nitrogen and oxygen atoms in total. The van der Waals surface area contributed by atoms with Gasteiger partial charge in [-0.2, -0.15) is 0 Å². The molecule has 0 atom stereocenters. The molecule has 0 aromatic heterocycles. The largest absolute Gasteiger partial charge is 0.384 e. The molecule has 0 aromatic carbocycles. The Hall–Kier alpha value is -1.05. The molecule has 0 rings (SSSR count). The molecule has 2 heteroatoms. The third-order valence-electron chi connectivity index (χ3n) is 0.529. The molecule has 0 unspecified atom stereocenters. The van der Waals surface area contributed by atoms with Crippen LogP contribution in [0.2, 0.25) is 0 Å². The van der Waals surface area contributed by atoms with Crippen molar-refractivity contribution in [2.75, 3.05) is 0 Å². The summed E-state index contributed by atoms with van der Waals surface area (Å²) in [4.78, 5) is 3.78. The summed E-state index contributed by atoms with van der Waals surface area (Å²) in [5.74, 6) is 0.414. The molecule has 0 bridgehead atoms. The van der Waals surface area contributed by atoms with Crippen molar-refractivity contribution in [2.24, 2.45) is 10.7 Å². The van der Waals surface area contributed by atoms with Crippen molar-refractivity contribution in [3.63, 3.8) is 0 Å². The van der Waals surface area contributed by atoms with E-state index in [1.54, 1.807) is 6.92 Å². The first kappa shape index (κ1) is 6.95. The van der Waals surface area contributed by atoms with Crippen LogP contribution in [0.3, 0.4) is 0 Å². The highest BCUT2D eigenvalue weighted by molar-refractivity contribution is 5.91. The van der Waals surface area contributed by atoms with Crippen LogP contribution in [0.5, 0.6) is 0 Å². The number of aliphatic imine (C=N–C) groups is 1. The predicted molar refractivity (Wildman–Crippen MR) is 36.6 cm³/mol. The van der Waals surface area contributed by atoms with Crippen LogP contribution in [0.1, 0.15) is 6.92 Å². The molecule has 0 aliphatic rings. The maximum atomic E-state index is 5.24. The molecule has 0 fully saturated rings. The number of hydrogen-bond acceptors (Lipinski definition) is 1. The standard InChI is InChI=1S/C6H10N2/c1-4-6(7)8-5(2)3/h4H,1-2H2,3H3,(H2,7,8). The summed E-state index contributed by atoms with van der Waals surface area (Å²) in [6, 6.07) is 0. The van der Waals surface area contributed by atoms with Crippen molar-refractivity contribution in [1.82, 2.24) is 0 Å². The Labute approximate surface area is 49.4 Å². The van der Waals surface area contributed by atoms with E-state index in [1.165, 1.54) is 6.08 Å². The number of hydrogen-bond donors (Lipinski definition) is 1. The summed E-state index contributed by atoms with van der Waals surface area (Å²) in [5.41, 5.74) is 5.94. The molecule has 8 heavy (non-hydrogen) atoms. The van der Waals surface area contributed by atoms with Gasteiger partial charge in [0, 0.05) is 5.70 Å². The molecule has 0 amide bonds. The van der Waals surface area contributed by atoms with Gasteiger partial charge in [0.1, 0.15) is 5.84 Å². The molecule has 0 saturated carbocycles. The number of nitrogens with two attached hydrogens (primary N) is 1. The lowest BCUT2D eigenvalue weighted by molar-refractivity contribution is 1.31. The SMILES string of the molecule is C=CC(N)=NC(=C)C. The molecule has 44 valence electrons. The van der Waals surface area contributed by atoms with Crippen LogP contribution in [0, 0.1) is 0 Å². The fourth-order valence-corrected chi connectivity index (χ4v) is 0.266. The highest BCUT2D eigenvalue weighted by atomic mass is 14.8. The quantitative estimate of drug-likeness (QED) is 0.419. The van der Waals surface area contributed by atoms with E-state index in [4.69, 9.17) is 5.73 Å². The van der Waals surface area contributed by atoms with E-state index in [0.717, 1.165) is 0 Å². The summed E-state index contributed by atoms with van der Waals surface area (Å²) in [6.45, 7) is 8.72. The summed E-state index contributed by atoms with van der Waals surface area (Å²) < 4.78 is 0. The average molecular weight is 110 g/mol. The van der Waals surface area contributed by atoms with Gasteiger partial charge in [0.25, 0.3) is 0 Å². The Morgan fingerprint density at radius 2 is 2.25 bits per heavy atom. The minimum Gasteiger partial charge on any atom is -0.384 e. The highest BCUT2D eigenvalue weighted by Gasteiger charge is 1.78. The molecule has 0 heterocycles. The summed E-state index contributed by atoms with van der Waals surface area (Å²) in [5, 5.41) is 0. The molecule has 0 spiro atoms. The zero-order valence-electron chi connectivity index (χ0n) is 5.02. The van der Waals surface area contributed by atoms with Gasteiger partial charge in [-0.05, 0) is 13.0 Å². The van der Waals surface area contributed by atoms with Crippen LogP contribution in [0.15, 0.2) is 29.9 Å². The molecule has 0 aromatic rings. The lowest BCUT2D eigenvalue weighted by atomic mass is 10.5. The van der Waals surface area contributed by atoms with Crippen molar-refractivity contribution in [2.45, 2.75) is 6.92 Å². The maximum Gasteiger partial charge on any atom is 0.122 e. The Morgan fingerprint density at radius 3 is 2.38 bits per heavy atom. The third kappa shape index (κ3) is 3.15. The van der Waals surface area contributed by atoms with Gasteiger partial charge in [0.15, 0.2) is 0 Å². The van der Waals surface area contributed by atoms with E-state index >= 15 is 0 Å². The highest BCUT2D eigenvalue weighted by Crippen LogP contribution is 1.86. The van der Waals surface area contributed by atoms with Gasteiger partial charge in [-0.25, -0.2) is 4.99 Å². The molecule has 0 aliphatic heterocycles. The van der Waals surface area contributed by atoms with Gasteiger partial charge in [0.05, 0.1) is 0 Å². The fraction of sp³-hybridized carbons (Fsp3) is 0.167. The Kier molecular flexibility index (Phi) is 2.62. The number of amidine groups is 1. The van der Waals surface area contributed by atoms with Crippen LogP contribution >= 0.6 is 0 Å². The number of nitrogens with zero attached hydrogens (tertiary/aromatic N) is 1. The number of allylic oxidation sites excluding steroid dienone is 1. The monoisotopic (exact) mass is 110 g/mol. The van der Waals surface area contributed by atoms with E-state index in [0.29, 0.717) is 11.5 Å². The van der Waals surface area contributed by atoms with Gasteiger partial charge >= 0.3 is 0 Å². The van der Waals surface area contributed by atoms with Crippen LogP contribution in [-0.4, -0.2) is 5.84 Å². The first-order valence-corrected chi connectivity index (χ1v) is 2.29. The van der Waals surface area contributed by atoms with Crippen molar-refractivity contribution < 1.29 is 0 Å². The third-order valence-corrected chi connectivity index (χ3v) is 0.529. The van der Waals surface area contributed by atoms with Crippen LogP contribution < -0.4 is 5.73 Å². The van der Waals surface area contributed by atoms with Gasteiger partial charge in [-0.15, -0.1) is 0 Å². The van der Waals surface area contributed by atoms with Gasteiger partial charge in [-0.1, -0.05) is 13.2 Å². The zero-order chi connectivity index (χ0) is 6.57. The minimum absolute atomic E-state index is 0.414. The molecule has 0 aliphatic carbocycles. The Morgan fingerprint density at radius 1 is 1.75 bits per heavy atom. The topological polar surface area (TPSA) is 38.4 Å². The maximum absolute atomic E-state index is 5.24. The zero-order valence-corrected chi connectivity index (χ0v) is 5.02. The second-order valence-electron chi connectivity index (χ2n) is 1.48. The summed E-state index contributed by atoms with van der Waals surface area (Å²) in [6.07, 6.45) is 1.48. The Balaban J connectivity index is 3.94. The first-order valence-electron chi connectivity index (χ1n) is 2.29. The van der Waals surface area contributed by atoms with Crippen molar-refractivity contribution >= 4 is 5.84 Å². The van der Waals surface area contributed by atoms with E-state index < -0.39 is 0 Å². The van der Waals surface area contributed by atoms with Gasteiger partial charge < -0.3 is 5.73 Å². The smallest absolute Gasteiger partial charge is 0.122 e. The van der Waals surface area contributed by atoms with E-state index in [2.05, 4.69) is 18.2 Å². The van der Waals surface area contributed by atoms with E-state index in [-0.39, 0.29) is 0 Å². The lowest BCUT2D eigenvalue weighted by Gasteiger charge is -1.88. The van der Waals surface area contributed by atoms with Gasteiger partial charge in [0.2, 0.25) is 0 Å². The molecular weight excluding hydrogens is 100 g/mol. The predicted octanol–water partition coefficient (Wildman–Crippen LogP) is 1.06. The average Bonchev–Trinajstić information content (AvgIpc) is 1.65. The van der Waals surface area contributed by atoms with Crippen LogP contribution in [-0.2, 0) is 0 Å². The molecular formula is C6H10N2. The Bertz CT molecular complexity index is 133. The van der Waals surface area contributed by atoms with E-state index in [9.17, 15) is 0 Å². The molecule has 2 N–H and O–H groups in total. The van der Waals surface area contributed by atoms with Crippen molar-refractivity contribution in [3.05, 3.63) is 24.9 Å². The van der Waals surface area contributed by atoms with Gasteiger partial charge in [-0.3, -0.25) is 0 Å². The lowest BCUT2D eigenvalue weighted by Crippen LogP contribution is -2.06. The molecule has 0 radical (unpaired) electrons. The van der Waals surface area contributed by atoms with Crippen LogP contribution in [0.4, 0.5) is 0 Å². The molecule has 0 saturated heterocycles. The summed E-state index contributed by atoms with van der Waals surface area (Å²) in [7, 11) is 0. The summed E-state index contributed by atoms with van der Waals surface area (Å²) >= 11 is 0. The van der Waals surface area contributed by atoms with Crippen molar-refractivity contribution in [1.29, 1.82) is 0 Å².